The van der Waals surface area contributed by atoms with Crippen molar-refractivity contribution in [3.05, 3.63) is 72.8 Å². The molecule has 0 unspecified atom stereocenters. The van der Waals surface area contributed by atoms with E-state index in [1.807, 2.05) is 48.3 Å². The number of fused-ring (bicyclic) bond motifs is 3. The van der Waals surface area contributed by atoms with Gasteiger partial charge in [-0.25, -0.2) is 0 Å². The predicted molar refractivity (Wildman–Crippen MR) is 81.9 cm³/mol. The first-order valence-corrected chi connectivity index (χ1v) is 6.89. The Balaban J connectivity index is 2.05. The van der Waals surface area contributed by atoms with Crippen LogP contribution in [0.4, 0.5) is 4.39 Å². The first kappa shape index (κ1) is 12.1. The van der Waals surface area contributed by atoms with Gasteiger partial charge in [-0.15, -0.1) is 0 Å². The number of aromatic nitrogens is 2. The summed E-state index contributed by atoms with van der Waals surface area (Å²) >= 11 is 0. The van der Waals surface area contributed by atoms with E-state index >= 15 is 0 Å². The van der Waals surface area contributed by atoms with E-state index in [0.29, 0.717) is 5.69 Å². The van der Waals surface area contributed by atoms with Crippen LogP contribution in [0.2, 0.25) is 0 Å². The van der Waals surface area contributed by atoms with E-state index in [1.165, 1.54) is 22.4 Å². The van der Waals surface area contributed by atoms with Gasteiger partial charge < -0.3 is 4.57 Å². The molecule has 3 heteroatoms. The van der Waals surface area contributed by atoms with Gasteiger partial charge in [0.15, 0.2) is 18.2 Å². The van der Waals surface area contributed by atoms with Crippen molar-refractivity contribution >= 4 is 21.8 Å². The first-order valence-electron chi connectivity index (χ1n) is 6.89. The molecule has 2 aromatic heterocycles. The molecule has 102 valence electrons. The molecule has 0 aliphatic carbocycles. The molecule has 0 aliphatic heterocycles. The first-order chi connectivity index (χ1) is 10.3. The van der Waals surface area contributed by atoms with Gasteiger partial charge in [0, 0.05) is 35.5 Å². The Hall–Kier alpha value is -2.68. The fourth-order valence-corrected chi connectivity index (χ4v) is 2.91. The topological polar surface area (TPSA) is 8.81 Å². The minimum Gasteiger partial charge on any atom is -0.339 e. The Morgan fingerprint density at radius 1 is 0.857 bits per heavy atom. The van der Waals surface area contributed by atoms with E-state index in [-0.39, 0.29) is 5.82 Å². The Morgan fingerprint density at radius 2 is 1.57 bits per heavy atom. The second-order valence-corrected chi connectivity index (χ2v) is 5.18. The van der Waals surface area contributed by atoms with E-state index in [4.69, 9.17) is 0 Å². The molecule has 0 bridgehead atoms. The van der Waals surface area contributed by atoms with Crippen LogP contribution < -0.4 is 4.57 Å². The molecule has 0 atom stereocenters. The standard InChI is InChI=1S/C18H14FN2/c1-20-16-8-4-2-6-13(16)14-10-11-21(12-18(14)20)17-9-5-3-7-15(17)19/h2-12H,1H3/q+1. The zero-order chi connectivity index (χ0) is 14.4. The second-order valence-electron chi connectivity index (χ2n) is 5.18. The smallest absolute Gasteiger partial charge is 0.246 e. The summed E-state index contributed by atoms with van der Waals surface area (Å²) in [5.74, 6) is -0.222. The highest BCUT2D eigenvalue weighted by Crippen LogP contribution is 2.26. The molecule has 0 amide bonds. The molecule has 4 rings (SSSR count). The van der Waals surface area contributed by atoms with E-state index in [9.17, 15) is 4.39 Å². The zero-order valence-corrected chi connectivity index (χ0v) is 11.6. The quantitative estimate of drug-likeness (QED) is 0.469. The molecular formula is C18H14FN2+. The maximum Gasteiger partial charge on any atom is 0.246 e. The molecule has 0 spiro atoms. The van der Waals surface area contributed by atoms with Crippen LogP contribution in [-0.4, -0.2) is 4.57 Å². The fourth-order valence-electron chi connectivity index (χ4n) is 2.91. The minimum absolute atomic E-state index is 0.222. The molecule has 0 N–H and O–H groups in total. The van der Waals surface area contributed by atoms with Gasteiger partial charge >= 0.3 is 0 Å². The number of aryl methyl sites for hydroxylation is 1. The lowest BCUT2D eigenvalue weighted by molar-refractivity contribution is -0.596. The van der Waals surface area contributed by atoms with Crippen LogP contribution in [0.5, 0.6) is 0 Å². The van der Waals surface area contributed by atoms with Crippen LogP contribution in [0, 0.1) is 5.82 Å². The zero-order valence-electron chi connectivity index (χ0n) is 11.6. The molecule has 2 nitrogen and oxygen atoms in total. The number of hydrogen-bond donors (Lipinski definition) is 0. The van der Waals surface area contributed by atoms with Gasteiger partial charge in [-0.05, 0) is 12.1 Å². The van der Waals surface area contributed by atoms with Crippen LogP contribution in [0.1, 0.15) is 0 Å². The van der Waals surface area contributed by atoms with Gasteiger partial charge in [0.25, 0.3) is 0 Å². The van der Waals surface area contributed by atoms with Crippen molar-refractivity contribution in [2.45, 2.75) is 0 Å². The second kappa shape index (κ2) is 4.42. The highest BCUT2D eigenvalue weighted by Gasteiger charge is 2.15. The Bertz CT molecular complexity index is 969. The molecule has 0 radical (unpaired) electrons. The van der Waals surface area contributed by atoms with Gasteiger partial charge in [-0.3, -0.25) is 0 Å². The van der Waals surface area contributed by atoms with Gasteiger partial charge in [-0.2, -0.15) is 8.96 Å². The molecule has 0 saturated heterocycles. The SMILES string of the molecule is Cn1c2ccccc2c2cc[n+](-c3ccccc3F)cc21. The van der Waals surface area contributed by atoms with Crippen molar-refractivity contribution in [3.8, 4) is 5.69 Å². The van der Waals surface area contributed by atoms with Crippen LogP contribution in [0.15, 0.2) is 67.0 Å². The van der Waals surface area contributed by atoms with E-state index in [2.05, 4.69) is 16.7 Å². The van der Waals surface area contributed by atoms with E-state index in [0.717, 1.165) is 5.52 Å². The summed E-state index contributed by atoms with van der Waals surface area (Å²) < 4.78 is 17.9. The maximum atomic E-state index is 14.0. The lowest BCUT2D eigenvalue weighted by atomic mass is 10.2. The summed E-state index contributed by atoms with van der Waals surface area (Å²) in [5, 5.41) is 2.40. The van der Waals surface area contributed by atoms with Gasteiger partial charge in [0.1, 0.15) is 5.52 Å². The average Bonchev–Trinajstić information content (AvgIpc) is 2.81. The summed E-state index contributed by atoms with van der Waals surface area (Å²) in [4.78, 5) is 0. The third-order valence-electron chi connectivity index (χ3n) is 3.99. The summed E-state index contributed by atoms with van der Waals surface area (Å²) in [7, 11) is 2.04. The number of para-hydroxylation sites is 2. The lowest BCUT2D eigenvalue weighted by Crippen LogP contribution is -2.30. The predicted octanol–water partition coefficient (Wildman–Crippen LogP) is 3.75. The molecule has 2 aromatic carbocycles. The molecular weight excluding hydrogens is 263 g/mol. The normalized spacial score (nSPS) is 11.3. The average molecular weight is 277 g/mol. The Labute approximate surface area is 121 Å². The third kappa shape index (κ3) is 1.74. The Kier molecular flexibility index (Phi) is 2.54. The number of benzene rings is 2. The van der Waals surface area contributed by atoms with Crippen molar-refractivity contribution in [2.24, 2.45) is 7.05 Å². The lowest BCUT2D eigenvalue weighted by Gasteiger charge is -1.99. The van der Waals surface area contributed by atoms with Crippen molar-refractivity contribution < 1.29 is 8.96 Å². The van der Waals surface area contributed by atoms with Crippen molar-refractivity contribution in [2.75, 3.05) is 0 Å². The number of pyridine rings is 1. The van der Waals surface area contributed by atoms with Crippen LogP contribution in [0.25, 0.3) is 27.5 Å². The largest absolute Gasteiger partial charge is 0.339 e. The monoisotopic (exact) mass is 277 g/mol. The molecule has 0 fully saturated rings. The summed E-state index contributed by atoms with van der Waals surface area (Å²) in [6, 6.07) is 17.1. The fraction of sp³-hybridized carbons (Fsp3) is 0.0556. The molecule has 0 aliphatic rings. The van der Waals surface area contributed by atoms with Gasteiger partial charge in [0.05, 0.1) is 0 Å². The minimum atomic E-state index is -0.222. The highest BCUT2D eigenvalue weighted by atomic mass is 19.1. The highest BCUT2D eigenvalue weighted by molar-refractivity contribution is 6.07. The van der Waals surface area contributed by atoms with Crippen LogP contribution in [0.3, 0.4) is 0 Å². The summed E-state index contributed by atoms with van der Waals surface area (Å²) in [6.45, 7) is 0. The molecule has 0 saturated carbocycles. The van der Waals surface area contributed by atoms with E-state index in [1.54, 1.807) is 12.1 Å². The summed E-state index contributed by atoms with van der Waals surface area (Å²) in [6.07, 6.45) is 3.89. The number of halogens is 1. The van der Waals surface area contributed by atoms with Gasteiger partial charge in [-0.1, -0.05) is 30.3 Å². The summed E-state index contributed by atoms with van der Waals surface area (Å²) in [5.41, 5.74) is 2.82. The van der Waals surface area contributed by atoms with Crippen molar-refractivity contribution in [1.29, 1.82) is 0 Å². The maximum absolute atomic E-state index is 14.0. The molecule has 2 heterocycles. The number of hydrogen-bond acceptors (Lipinski definition) is 0. The third-order valence-corrected chi connectivity index (χ3v) is 3.99. The molecule has 21 heavy (non-hydrogen) atoms. The van der Waals surface area contributed by atoms with Crippen LogP contribution >= 0.6 is 0 Å². The molecule has 4 aromatic rings. The number of rotatable bonds is 1. The Morgan fingerprint density at radius 3 is 2.43 bits per heavy atom. The number of nitrogens with zero attached hydrogens (tertiary/aromatic N) is 2. The van der Waals surface area contributed by atoms with Crippen molar-refractivity contribution in [3.63, 3.8) is 0 Å². The van der Waals surface area contributed by atoms with Gasteiger partial charge in [0.2, 0.25) is 5.69 Å². The van der Waals surface area contributed by atoms with E-state index < -0.39 is 0 Å². The van der Waals surface area contributed by atoms with Crippen molar-refractivity contribution in [1.82, 2.24) is 4.57 Å². The van der Waals surface area contributed by atoms with Crippen LogP contribution in [-0.2, 0) is 7.05 Å².